The number of halogens is 1. The molecule has 0 unspecified atom stereocenters. The van der Waals surface area contributed by atoms with Gasteiger partial charge in [-0.05, 0) is 29.8 Å². The van der Waals surface area contributed by atoms with Crippen LogP contribution in [0.5, 0.6) is 5.75 Å². The average Bonchev–Trinajstić information content (AvgIpc) is 3.11. The van der Waals surface area contributed by atoms with Crippen molar-refractivity contribution < 1.29 is 19.1 Å². The van der Waals surface area contributed by atoms with Crippen LogP contribution in [-0.4, -0.2) is 26.1 Å². The van der Waals surface area contributed by atoms with E-state index in [2.05, 4.69) is 5.32 Å². The van der Waals surface area contributed by atoms with Crippen LogP contribution in [0.4, 0.5) is 5.00 Å². The summed E-state index contributed by atoms with van der Waals surface area (Å²) in [4.78, 5) is 24.9. The Morgan fingerprint density at radius 2 is 1.74 bits per heavy atom. The Morgan fingerprint density at radius 3 is 2.37 bits per heavy atom. The number of hydrogen-bond donors (Lipinski definition) is 1. The summed E-state index contributed by atoms with van der Waals surface area (Å²) in [5.74, 6) is -0.216. The Kier molecular flexibility index (Phi) is 5.78. The van der Waals surface area contributed by atoms with E-state index in [1.165, 1.54) is 18.4 Å². The van der Waals surface area contributed by atoms with Crippen molar-refractivity contribution in [3.05, 3.63) is 70.1 Å². The standard InChI is InChI=1S/C20H16ClNO4S/c1-25-13-9-7-12(8-10-13)15-11-27-19(17(15)20(24)26-2)22-18(23)14-5-3-4-6-16(14)21/h3-11H,1-2H3,(H,22,23). The summed E-state index contributed by atoms with van der Waals surface area (Å²) in [6.07, 6.45) is 0. The highest BCUT2D eigenvalue weighted by Gasteiger charge is 2.23. The number of thiophene rings is 1. The molecule has 0 radical (unpaired) electrons. The molecule has 7 heteroatoms. The Morgan fingerprint density at radius 1 is 1.04 bits per heavy atom. The molecule has 0 fully saturated rings. The monoisotopic (exact) mass is 401 g/mol. The molecule has 0 spiro atoms. The minimum Gasteiger partial charge on any atom is -0.497 e. The molecule has 138 valence electrons. The predicted octanol–water partition coefficient (Wildman–Crippen LogP) is 5.12. The van der Waals surface area contributed by atoms with E-state index in [-0.39, 0.29) is 0 Å². The number of carbonyl (C=O) groups is 2. The zero-order valence-corrected chi connectivity index (χ0v) is 16.2. The molecular formula is C20H16ClNO4S. The molecule has 0 saturated heterocycles. The first-order valence-corrected chi connectivity index (χ1v) is 9.21. The lowest BCUT2D eigenvalue weighted by Gasteiger charge is -2.09. The van der Waals surface area contributed by atoms with E-state index in [1.54, 1.807) is 48.9 Å². The van der Waals surface area contributed by atoms with Crippen LogP contribution < -0.4 is 10.1 Å². The Labute approximate surface area is 165 Å². The van der Waals surface area contributed by atoms with E-state index < -0.39 is 11.9 Å². The highest BCUT2D eigenvalue weighted by molar-refractivity contribution is 7.15. The van der Waals surface area contributed by atoms with Gasteiger partial charge in [-0.25, -0.2) is 4.79 Å². The lowest BCUT2D eigenvalue weighted by molar-refractivity contribution is 0.0603. The molecule has 27 heavy (non-hydrogen) atoms. The number of hydrogen-bond acceptors (Lipinski definition) is 5. The smallest absolute Gasteiger partial charge is 0.341 e. The maximum Gasteiger partial charge on any atom is 0.341 e. The molecule has 2 aromatic carbocycles. The first kappa shape index (κ1) is 18.9. The van der Waals surface area contributed by atoms with E-state index in [9.17, 15) is 9.59 Å². The van der Waals surface area contributed by atoms with Crippen molar-refractivity contribution in [2.75, 3.05) is 19.5 Å². The summed E-state index contributed by atoms with van der Waals surface area (Å²) in [6, 6.07) is 14.0. The summed E-state index contributed by atoms with van der Waals surface area (Å²) < 4.78 is 10.1. The number of amides is 1. The van der Waals surface area contributed by atoms with Gasteiger partial charge < -0.3 is 14.8 Å². The minimum atomic E-state index is -0.531. The van der Waals surface area contributed by atoms with Gasteiger partial charge in [0.05, 0.1) is 24.8 Å². The van der Waals surface area contributed by atoms with Gasteiger partial charge in [-0.1, -0.05) is 35.9 Å². The summed E-state index contributed by atoms with van der Waals surface area (Å²) >= 11 is 7.33. The van der Waals surface area contributed by atoms with Crippen LogP contribution in [0.3, 0.4) is 0 Å². The molecule has 1 amide bonds. The number of ether oxygens (including phenoxy) is 2. The van der Waals surface area contributed by atoms with Crippen LogP contribution >= 0.6 is 22.9 Å². The van der Waals surface area contributed by atoms with Gasteiger partial charge >= 0.3 is 5.97 Å². The summed E-state index contributed by atoms with van der Waals surface area (Å²) in [7, 11) is 2.89. The summed E-state index contributed by atoms with van der Waals surface area (Å²) in [6.45, 7) is 0. The number of esters is 1. The van der Waals surface area contributed by atoms with Crippen molar-refractivity contribution in [1.29, 1.82) is 0 Å². The van der Waals surface area contributed by atoms with E-state index in [4.69, 9.17) is 21.1 Å². The fraction of sp³-hybridized carbons (Fsp3) is 0.100. The number of carbonyl (C=O) groups excluding carboxylic acids is 2. The maximum absolute atomic E-state index is 12.6. The molecule has 0 saturated carbocycles. The van der Waals surface area contributed by atoms with E-state index in [0.29, 0.717) is 32.5 Å². The van der Waals surface area contributed by atoms with Gasteiger partial charge in [0.15, 0.2) is 0 Å². The zero-order chi connectivity index (χ0) is 19.4. The minimum absolute atomic E-state index is 0.299. The van der Waals surface area contributed by atoms with Gasteiger partial charge in [0, 0.05) is 10.9 Å². The highest BCUT2D eigenvalue weighted by Crippen LogP contribution is 2.37. The van der Waals surface area contributed by atoms with Gasteiger partial charge in [0.1, 0.15) is 16.3 Å². The summed E-state index contributed by atoms with van der Waals surface area (Å²) in [5.41, 5.74) is 2.11. The number of nitrogens with one attached hydrogen (secondary N) is 1. The second-order valence-electron chi connectivity index (χ2n) is 5.51. The van der Waals surface area contributed by atoms with Crippen LogP contribution in [0.2, 0.25) is 5.02 Å². The third-order valence-corrected chi connectivity index (χ3v) is 5.15. The lowest BCUT2D eigenvalue weighted by atomic mass is 10.0. The molecule has 0 atom stereocenters. The molecule has 1 N–H and O–H groups in total. The molecule has 1 heterocycles. The molecule has 0 bridgehead atoms. The number of anilines is 1. The fourth-order valence-electron chi connectivity index (χ4n) is 2.55. The average molecular weight is 402 g/mol. The molecule has 0 aliphatic rings. The van der Waals surface area contributed by atoms with Crippen LogP contribution in [0, 0.1) is 0 Å². The molecule has 0 aliphatic heterocycles. The topological polar surface area (TPSA) is 64.6 Å². The Balaban J connectivity index is 1.98. The molecule has 3 aromatic rings. The zero-order valence-electron chi connectivity index (χ0n) is 14.6. The van der Waals surface area contributed by atoms with Gasteiger partial charge in [-0.2, -0.15) is 0 Å². The normalized spacial score (nSPS) is 10.3. The molecule has 1 aromatic heterocycles. The molecule has 0 aliphatic carbocycles. The largest absolute Gasteiger partial charge is 0.497 e. The highest BCUT2D eigenvalue weighted by atomic mass is 35.5. The first-order chi connectivity index (χ1) is 13.0. The number of benzene rings is 2. The van der Waals surface area contributed by atoms with Gasteiger partial charge in [-0.3, -0.25) is 4.79 Å². The van der Waals surface area contributed by atoms with Crippen LogP contribution in [-0.2, 0) is 4.74 Å². The molecule has 3 rings (SSSR count). The van der Waals surface area contributed by atoms with E-state index >= 15 is 0 Å². The third kappa shape index (κ3) is 3.97. The SMILES string of the molecule is COC(=O)c1c(-c2ccc(OC)cc2)csc1NC(=O)c1ccccc1Cl. The Bertz CT molecular complexity index is 982. The molecular weight excluding hydrogens is 386 g/mol. The van der Waals surface area contributed by atoms with Crippen molar-refractivity contribution in [2.45, 2.75) is 0 Å². The van der Waals surface area contributed by atoms with Crippen molar-refractivity contribution in [3.8, 4) is 16.9 Å². The van der Waals surface area contributed by atoms with Crippen molar-refractivity contribution >= 4 is 39.8 Å². The Hall–Kier alpha value is -2.83. The third-order valence-electron chi connectivity index (χ3n) is 3.93. The molecule has 5 nitrogen and oxygen atoms in total. The van der Waals surface area contributed by atoms with Gasteiger partial charge in [0.2, 0.25) is 0 Å². The lowest BCUT2D eigenvalue weighted by Crippen LogP contribution is -2.14. The van der Waals surface area contributed by atoms with Crippen LogP contribution in [0.1, 0.15) is 20.7 Å². The van der Waals surface area contributed by atoms with E-state index in [1.807, 2.05) is 12.1 Å². The number of rotatable bonds is 5. The van der Waals surface area contributed by atoms with Crippen LogP contribution in [0.15, 0.2) is 53.9 Å². The predicted molar refractivity (Wildman–Crippen MR) is 107 cm³/mol. The fourth-order valence-corrected chi connectivity index (χ4v) is 3.73. The first-order valence-electron chi connectivity index (χ1n) is 7.95. The van der Waals surface area contributed by atoms with Crippen molar-refractivity contribution in [1.82, 2.24) is 0 Å². The van der Waals surface area contributed by atoms with Crippen molar-refractivity contribution in [2.24, 2.45) is 0 Å². The van der Waals surface area contributed by atoms with Crippen LogP contribution in [0.25, 0.3) is 11.1 Å². The van der Waals surface area contributed by atoms with Gasteiger partial charge in [-0.15, -0.1) is 11.3 Å². The summed E-state index contributed by atoms with van der Waals surface area (Å²) in [5, 5.41) is 5.30. The number of methoxy groups -OCH3 is 2. The van der Waals surface area contributed by atoms with E-state index in [0.717, 1.165) is 5.56 Å². The van der Waals surface area contributed by atoms with Crippen molar-refractivity contribution in [3.63, 3.8) is 0 Å². The maximum atomic E-state index is 12.6. The quantitative estimate of drug-likeness (QED) is 0.603. The second-order valence-corrected chi connectivity index (χ2v) is 6.79. The second kappa shape index (κ2) is 8.24. The van der Waals surface area contributed by atoms with Gasteiger partial charge in [0.25, 0.3) is 5.91 Å².